The van der Waals surface area contributed by atoms with Gasteiger partial charge in [-0.3, -0.25) is 4.79 Å². The van der Waals surface area contributed by atoms with Gasteiger partial charge in [0.25, 0.3) is 5.91 Å². The molecule has 25 heavy (non-hydrogen) atoms. The molecule has 0 spiro atoms. The van der Waals surface area contributed by atoms with Crippen molar-refractivity contribution in [3.05, 3.63) is 52.2 Å². The first kappa shape index (κ1) is 17.6. The van der Waals surface area contributed by atoms with E-state index in [0.717, 1.165) is 16.2 Å². The van der Waals surface area contributed by atoms with Crippen molar-refractivity contribution in [2.45, 2.75) is 12.5 Å². The first-order valence-electron chi connectivity index (χ1n) is 8.11. The highest BCUT2D eigenvalue weighted by molar-refractivity contribution is 7.12. The number of hydrogen-bond donors (Lipinski definition) is 2. The summed E-state index contributed by atoms with van der Waals surface area (Å²) in [6, 6.07) is 10.8. The van der Waals surface area contributed by atoms with Crippen LogP contribution in [0.1, 0.15) is 22.9 Å². The molecule has 1 aromatic carbocycles. The maximum Gasteiger partial charge on any atom is 0.257 e. The van der Waals surface area contributed by atoms with Gasteiger partial charge in [-0.05, 0) is 29.1 Å². The predicted octanol–water partition coefficient (Wildman–Crippen LogP) is 2.37. The van der Waals surface area contributed by atoms with Crippen molar-refractivity contribution in [1.82, 2.24) is 10.3 Å². The molecule has 132 valence electrons. The molecule has 1 aromatic heterocycles. The van der Waals surface area contributed by atoms with Crippen LogP contribution in [0.15, 0.2) is 46.9 Å². The van der Waals surface area contributed by atoms with Crippen molar-refractivity contribution in [1.29, 1.82) is 0 Å². The summed E-state index contributed by atoms with van der Waals surface area (Å²) in [5.74, 6) is 0.0868. The number of aromatic hydroxyl groups is 1. The standard InChI is InChI=1S/C18H21N3O3S/c1-24-8-7-19-12-18(23)21-16(13-4-2-5-14(22)10-13)11-15(20-21)17-6-3-9-25-17/h2-6,9-10,16,19,22H,7-8,11-12H2,1H3/t16-/m0/s1. The van der Waals surface area contributed by atoms with E-state index >= 15 is 0 Å². The van der Waals surface area contributed by atoms with Crippen molar-refractivity contribution < 1.29 is 14.6 Å². The Kier molecular flexibility index (Phi) is 5.80. The number of hydrogen-bond acceptors (Lipinski definition) is 6. The van der Waals surface area contributed by atoms with E-state index in [4.69, 9.17) is 4.74 Å². The molecule has 1 aliphatic rings. The second-order valence-corrected chi connectivity index (χ2v) is 6.69. The lowest BCUT2D eigenvalue weighted by atomic mass is 10.0. The number of rotatable bonds is 7. The Morgan fingerprint density at radius 1 is 1.44 bits per heavy atom. The summed E-state index contributed by atoms with van der Waals surface area (Å²) in [5, 5.41) is 21.0. The summed E-state index contributed by atoms with van der Waals surface area (Å²) in [7, 11) is 1.62. The molecule has 2 aromatic rings. The van der Waals surface area contributed by atoms with Gasteiger partial charge in [0.2, 0.25) is 0 Å². The van der Waals surface area contributed by atoms with E-state index in [1.54, 1.807) is 36.6 Å². The average Bonchev–Trinajstić information content (AvgIpc) is 3.27. The number of ether oxygens (including phenoxy) is 1. The maximum atomic E-state index is 12.6. The second kappa shape index (κ2) is 8.24. The van der Waals surface area contributed by atoms with Gasteiger partial charge in [-0.25, -0.2) is 5.01 Å². The smallest absolute Gasteiger partial charge is 0.257 e. The van der Waals surface area contributed by atoms with Crippen LogP contribution in [0.3, 0.4) is 0 Å². The summed E-state index contributed by atoms with van der Waals surface area (Å²) in [6.45, 7) is 1.35. The molecule has 7 heteroatoms. The third-order valence-electron chi connectivity index (χ3n) is 3.99. The predicted molar refractivity (Wildman–Crippen MR) is 97.9 cm³/mol. The lowest BCUT2D eigenvalue weighted by Gasteiger charge is -2.22. The molecule has 1 amide bonds. The number of carbonyl (C=O) groups excluding carboxylic acids is 1. The van der Waals surface area contributed by atoms with E-state index in [-0.39, 0.29) is 24.2 Å². The first-order valence-corrected chi connectivity index (χ1v) is 8.99. The van der Waals surface area contributed by atoms with E-state index in [2.05, 4.69) is 10.4 Å². The number of phenolic OH excluding ortho intramolecular Hbond substituents is 1. The molecular weight excluding hydrogens is 338 g/mol. The molecule has 0 unspecified atom stereocenters. The third-order valence-corrected chi connectivity index (χ3v) is 4.90. The Hall–Kier alpha value is -2.22. The van der Waals surface area contributed by atoms with Gasteiger partial charge in [0.15, 0.2) is 0 Å². The Morgan fingerprint density at radius 2 is 2.32 bits per heavy atom. The fourth-order valence-corrected chi connectivity index (χ4v) is 3.50. The monoisotopic (exact) mass is 359 g/mol. The van der Waals surface area contributed by atoms with Gasteiger partial charge < -0.3 is 15.2 Å². The van der Waals surface area contributed by atoms with E-state index in [1.807, 2.05) is 23.6 Å². The number of nitrogens with one attached hydrogen (secondary N) is 1. The Morgan fingerprint density at radius 3 is 3.04 bits per heavy atom. The summed E-state index contributed by atoms with van der Waals surface area (Å²) in [5.41, 5.74) is 1.77. The number of nitrogens with zero attached hydrogens (tertiary/aromatic N) is 2. The number of methoxy groups -OCH3 is 1. The normalized spacial score (nSPS) is 16.9. The van der Waals surface area contributed by atoms with Crippen LogP contribution in [-0.4, -0.2) is 48.5 Å². The molecule has 0 fully saturated rings. The van der Waals surface area contributed by atoms with Crippen molar-refractivity contribution >= 4 is 23.0 Å². The molecule has 2 N–H and O–H groups in total. The van der Waals surface area contributed by atoms with Gasteiger partial charge in [-0.1, -0.05) is 18.2 Å². The molecule has 3 rings (SSSR count). The molecular formula is C18H21N3O3S. The van der Waals surface area contributed by atoms with Crippen LogP contribution >= 0.6 is 11.3 Å². The van der Waals surface area contributed by atoms with Crippen molar-refractivity contribution in [2.75, 3.05) is 26.8 Å². The van der Waals surface area contributed by atoms with Gasteiger partial charge >= 0.3 is 0 Å². The summed E-state index contributed by atoms with van der Waals surface area (Å²) in [6.07, 6.45) is 0.633. The Balaban J connectivity index is 1.79. The summed E-state index contributed by atoms with van der Waals surface area (Å²) in [4.78, 5) is 13.7. The van der Waals surface area contributed by atoms with Crippen LogP contribution in [0.2, 0.25) is 0 Å². The fraction of sp³-hybridized carbons (Fsp3) is 0.333. The molecule has 0 aliphatic carbocycles. The zero-order valence-corrected chi connectivity index (χ0v) is 14.8. The van der Waals surface area contributed by atoms with Gasteiger partial charge in [-0.2, -0.15) is 5.10 Å². The van der Waals surface area contributed by atoms with Crippen LogP contribution in [0.5, 0.6) is 5.75 Å². The molecule has 2 heterocycles. The SMILES string of the molecule is COCCNCC(=O)N1N=C(c2cccs2)C[C@H]1c1cccc(O)c1. The Labute approximate surface area is 150 Å². The highest BCUT2D eigenvalue weighted by Gasteiger charge is 2.33. The molecule has 0 radical (unpaired) electrons. The van der Waals surface area contributed by atoms with Crippen LogP contribution in [-0.2, 0) is 9.53 Å². The molecule has 0 bridgehead atoms. The third kappa shape index (κ3) is 4.25. The van der Waals surface area contributed by atoms with Gasteiger partial charge in [0.05, 0.1) is 29.8 Å². The Bertz CT molecular complexity index is 746. The summed E-state index contributed by atoms with van der Waals surface area (Å²) >= 11 is 1.61. The maximum absolute atomic E-state index is 12.6. The molecule has 6 nitrogen and oxygen atoms in total. The van der Waals surface area contributed by atoms with Gasteiger partial charge in [0, 0.05) is 20.1 Å². The number of benzene rings is 1. The fourth-order valence-electron chi connectivity index (χ4n) is 2.77. The minimum absolute atomic E-state index is 0.101. The van der Waals surface area contributed by atoms with Crippen LogP contribution < -0.4 is 5.32 Å². The van der Waals surface area contributed by atoms with Crippen LogP contribution in [0.25, 0.3) is 0 Å². The van der Waals surface area contributed by atoms with Crippen molar-refractivity contribution in [2.24, 2.45) is 5.10 Å². The molecule has 0 saturated carbocycles. The minimum Gasteiger partial charge on any atom is -0.508 e. The second-order valence-electron chi connectivity index (χ2n) is 5.75. The van der Waals surface area contributed by atoms with Crippen molar-refractivity contribution in [3.8, 4) is 5.75 Å². The summed E-state index contributed by atoms with van der Waals surface area (Å²) < 4.78 is 4.98. The van der Waals surface area contributed by atoms with Crippen molar-refractivity contribution in [3.63, 3.8) is 0 Å². The van der Waals surface area contributed by atoms with E-state index in [1.165, 1.54) is 5.01 Å². The minimum atomic E-state index is -0.207. The quantitative estimate of drug-likeness (QED) is 0.745. The molecule has 1 atom stereocenters. The largest absolute Gasteiger partial charge is 0.508 e. The topological polar surface area (TPSA) is 74.2 Å². The molecule has 1 aliphatic heterocycles. The zero-order valence-electron chi connectivity index (χ0n) is 14.0. The number of thiophene rings is 1. The number of hydrazone groups is 1. The zero-order chi connectivity index (χ0) is 17.6. The van der Waals surface area contributed by atoms with Gasteiger partial charge in [0.1, 0.15) is 5.75 Å². The van der Waals surface area contributed by atoms with Crippen LogP contribution in [0.4, 0.5) is 0 Å². The average molecular weight is 359 g/mol. The highest BCUT2D eigenvalue weighted by Crippen LogP contribution is 2.34. The number of phenols is 1. The first-order chi connectivity index (χ1) is 12.2. The lowest BCUT2D eigenvalue weighted by Crippen LogP contribution is -2.36. The number of amides is 1. The van der Waals surface area contributed by atoms with E-state index in [0.29, 0.717) is 19.6 Å². The lowest BCUT2D eigenvalue weighted by molar-refractivity contribution is -0.132. The van der Waals surface area contributed by atoms with E-state index < -0.39 is 0 Å². The number of carbonyl (C=O) groups is 1. The van der Waals surface area contributed by atoms with E-state index in [9.17, 15) is 9.90 Å². The van der Waals surface area contributed by atoms with Gasteiger partial charge in [-0.15, -0.1) is 11.3 Å². The highest BCUT2D eigenvalue weighted by atomic mass is 32.1. The molecule has 0 saturated heterocycles. The van der Waals surface area contributed by atoms with Crippen LogP contribution in [0, 0.1) is 0 Å².